The summed E-state index contributed by atoms with van der Waals surface area (Å²) in [4.78, 5) is 25.3. The number of carbonyl (C=O) groups is 1. The minimum Gasteiger partial charge on any atom is -0.497 e. The van der Waals surface area contributed by atoms with Crippen molar-refractivity contribution in [1.82, 2.24) is 20.3 Å². The van der Waals surface area contributed by atoms with Gasteiger partial charge in [0.1, 0.15) is 12.1 Å². The molecule has 0 unspecified atom stereocenters. The number of nitrogens with one attached hydrogen (secondary N) is 1. The van der Waals surface area contributed by atoms with Crippen LogP contribution in [0.5, 0.6) is 5.75 Å². The molecular formula is C26H30N4O2. The van der Waals surface area contributed by atoms with Crippen molar-refractivity contribution < 1.29 is 9.53 Å². The maximum atomic E-state index is 12.3. The first-order valence-corrected chi connectivity index (χ1v) is 11.3. The zero-order chi connectivity index (χ0) is 22.2. The first-order valence-electron chi connectivity index (χ1n) is 11.3. The first-order chi connectivity index (χ1) is 15.7. The minimum atomic E-state index is 0.124. The van der Waals surface area contributed by atoms with Gasteiger partial charge in [0.25, 0.3) is 0 Å². The molecule has 1 N–H and O–H groups in total. The van der Waals surface area contributed by atoms with Crippen LogP contribution in [-0.4, -0.2) is 34.5 Å². The molecule has 1 aromatic carbocycles. The van der Waals surface area contributed by atoms with Gasteiger partial charge < -0.3 is 10.1 Å². The molecule has 2 heterocycles. The molecule has 1 aliphatic carbocycles. The lowest BCUT2D eigenvalue weighted by molar-refractivity contribution is -0.121. The first kappa shape index (κ1) is 21.9. The maximum absolute atomic E-state index is 12.3. The van der Waals surface area contributed by atoms with Crippen molar-refractivity contribution in [2.45, 2.75) is 44.4 Å². The van der Waals surface area contributed by atoms with Gasteiger partial charge in [-0.1, -0.05) is 12.1 Å². The molecule has 2 aromatic heterocycles. The highest BCUT2D eigenvalue weighted by molar-refractivity contribution is 5.76. The van der Waals surface area contributed by atoms with E-state index in [1.165, 1.54) is 0 Å². The lowest BCUT2D eigenvalue weighted by Crippen LogP contribution is -2.31. The van der Waals surface area contributed by atoms with Crippen LogP contribution in [0, 0.1) is 5.92 Å². The van der Waals surface area contributed by atoms with Crippen molar-refractivity contribution in [3.05, 3.63) is 72.6 Å². The molecule has 1 amide bonds. The number of carbonyl (C=O) groups excluding carboxylic acids is 1. The Morgan fingerprint density at radius 1 is 1.03 bits per heavy atom. The third-order valence-electron chi connectivity index (χ3n) is 6.36. The zero-order valence-corrected chi connectivity index (χ0v) is 18.5. The Morgan fingerprint density at radius 2 is 1.78 bits per heavy atom. The summed E-state index contributed by atoms with van der Waals surface area (Å²) < 4.78 is 5.18. The highest BCUT2D eigenvalue weighted by atomic mass is 16.5. The molecule has 1 aliphatic rings. The van der Waals surface area contributed by atoms with Crippen molar-refractivity contribution in [3.63, 3.8) is 0 Å². The number of ether oxygens (including phenoxy) is 1. The molecule has 0 aliphatic heterocycles. The molecule has 166 valence electrons. The van der Waals surface area contributed by atoms with Crippen LogP contribution in [0.3, 0.4) is 0 Å². The van der Waals surface area contributed by atoms with Crippen molar-refractivity contribution in [2.24, 2.45) is 5.92 Å². The summed E-state index contributed by atoms with van der Waals surface area (Å²) in [7, 11) is 1.66. The number of amides is 1. The van der Waals surface area contributed by atoms with Crippen molar-refractivity contribution in [3.8, 4) is 16.9 Å². The topological polar surface area (TPSA) is 77.0 Å². The number of hydrogen-bond donors (Lipinski definition) is 1. The van der Waals surface area contributed by atoms with Crippen LogP contribution in [0.1, 0.15) is 49.3 Å². The SMILES string of the molecule is COc1ccc(CCC(=O)NCC2CCC(c3ncncc3-c3ccncc3)CC2)cc1. The minimum absolute atomic E-state index is 0.124. The summed E-state index contributed by atoms with van der Waals surface area (Å²) in [5, 5.41) is 3.14. The second kappa shape index (κ2) is 10.8. The summed E-state index contributed by atoms with van der Waals surface area (Å²) >= 11 is 0. The number of hydrogen-bond acceptors (Lipinski definition) is 5. The fraction of sp³-hybridized carbons (Fsp3) is 0.385. The van der Waals surface area contributed by atoms with E-state index in [9.17, 15) is 4.79 Å². The van der Waals surface area contributed by atoms with E-state index in [1.807, 2.05) is 42.6 Å². The van der Waals surface area contributed by atoms with E-state index < -0.39 is 0 Å². The number of nitrogens with zero attached hydrogens (tertiary/aromatic N) is 3. The molecule has 32 heavy (non-hydrogen) atoms. The molecule has 0 bridgehead atoms. The fourth-order valence-electron chi connectivity index (χ4n) is 4.45. The molecule has 1 fully saturated rings. The molecule has 0 atom stereocenters. The van der Waals surface area contributed by atoms with Gasteiger partial charge in [0.05, 0.1) is 12.8 Å². The van der Waals surface area contributed by atoms with Crippen LogP contribution < -0.4 is 10.1 Å². The summed E-state index contributed by atoms with van der Waals surface area (Å²) in [6.45, 7) is 0.759. The highest BCUT2D eigenvalue weighted by Gasteiger charge is 2.25. The van der Waals surface area contributed by atoms with E-state index in [0.29, 0.717) is 18.3 Å². The van der Waals surface area contributed by atoms with Gasteiger partial charge in [-0.05, 0) is 73.4 Å². The van der Waals surface area contributed by atoms with Gasteiger partial charge in [0.15, 0.2) is 0 Å². The molecule has 0 radical (unpaired) electrons. The van der Waals surface area contributed by atoms with Crippen LogP contribution in [0.15, 0.2) is 61.3 Å². The fourth-order valence-corrected chi connectivity index (χ4v) is 4.45. The molecule has 3 aromatic rings. The predicted molar refractivity (Wildman–Crippen MR) is 124 cm³/mol. The Balaban J connectivity index is 1.24. The van der Waals surface area contributed by atoms with Gasteiger partial charge in [-0.15, -0.1) is 0 Å². The lowest BCUT2D eigenvalue weighted by Gasteiger charge is -2.29. The van der Waals surface area contributed by atoms with Gasteiger partial charge >= 0.3 is 0 Å². The Kier molecular flexibility index (Phi) is 7.43. The van der Waals surface area contributed by atoms with Gasteiger partial charge in [0.2, 0.25) is 5.91 Å². The molecule has 0 saturated heterocycles. The predicted octanol–water partition coefficient (Wildman–Crippen LogP) is 4.57. The number of benzene rings is 1. The van der Waals surface area contributed by atoms with Gasteiger partial charge in [-0.3, -0.25) is 9.78 Å². The summed E-state index contributed by atoms with van der Waals surface area (Å²) in [5.74, 6) is 1.92. The van der Waals surface area contributed by atoms with Crippen LogP contribution in [0.2, 0.25) is 0 Å². The van der Waals surface area contributed by atoms with E-state index in [2.05, 4.69) is 20.3 Å². The monoisotopic (exact) mass is 430 g/mol. The summed E-state index contributed by atoms with van der Waals surface area (Å²) in [6, 6.07) is 11.9. The van der Waals surface area contributed by atoms with Gasteiger partial charge in [0, 0.05) is 43.0 Å². The Morgan fingerprint density at radius 3 is 2.50 bits per heavy atom. The summed E-state index contributed by atoms with van der Waals surface area (Å²) in [6.07, 6.45) is 12.8. The number of methoxy groups -OCH3 is 1. The van der Waals surface area contributed by atoms with Gasteiger partial charge in [-0.2, -0.15) is 0 Å². The van der Waals surface area contributed by atoms with Crippen molar-refractivity contribution in [2.75, 3.05) is 13.7 Å². The third-order valence-corrected chi connectivity index (χ3v) is 6.36. The van der Waals surface area contributed by atoms with Crippen molar-refractivity contribution >= 4 is 5.91 Å². The molecule has 6 heteroatoms. The van der Waals surface area contributed by atoms with Crippen LogP contribution in [-0.2, 0) is 11.2 Å². The number of aromatic nitrogens is 3. The zero-order valence-electron chi connectivity index (χ0n) is 18.5. The standard InChI is InChI=1S/C26H30N4O2/c1-32-23-9-4-19(5-10-23)6-11-25(31)29-16-20-2-7-22(8-3-20)26-24(17-28-18-30-26)21-12-14-27-15-13-21/h4-5,9-10,12-15,17-18,20,22H,2-3,6-8,11,16H2,1H3,(H,29,31). The summed E-state index contributed by atoms with van der Waals surface area (Å²) in [5.41, 5.74) is 4.50. The second-order valence-corrected chi connectivity index (χ2v) is 8.43. The Labute approximate surface area is 189 Å². The normalized spacial score (nSPS) is 18.2. The molecule has 4 rings (SSSR count). The Hall–Kier alpha value is -3.28. The van der Waals surface area contributed by atoms with Crippen LogP contribution in [0.4, 0.5) is 0 Å². The van der Waals surface area contributed by atoms with E-state index in [1.54, 1.807) is 25.8 Å². The average Bonchev–Trinajstić information content (AvgIpc) is 2.87. The van der Waals surface area contributed by atoms with Gasteiger partial charge in [-0.25, -0.2) is 9.97 Å². The van der Waals surface area contributed by atoms with Crippen LogP contribution in [0.25, 0.3) is 11.1 Å². The smallest absolute Gasteiger partial charge is 0.220 e. The molecule has 6 nitrogen and oxygen atoms in total. The highest BCUT2D eigenvalue weighted by Crippen LogP contribution is 2.38. The quantitative estimate of drug-likeness (QED) is 0.566. The number of rotatable bonds is 8. The number of aryl methyl sites for hydroxylation is 1. The lowest BCUT2D eigenvalue weighted by atomic mass is 9.79. The number of pyridine rings is 1. The van der Waals surface area contributed by atoms with Crippen LogP contribution >= 0.6 is 0 Å². The second-order valence-electron chi connectivity index (χ2n) is 8.43. The largest absolute Gasteiger partial charge is 0.497 e. The van der Waals surface area contributed by atoms with E-state index in [0.717, 1.165) is 66.8 Å². The Bertz CT molecular complexity index is 1000. The molecular weight excluding hydrogens is 400 g/mol. The van der Waals surface area contributed by atoms with E-state index in [4.69, 9.17) is 4.74 Å². The maximum Gasteiger partial charge on any atom is 0.220 e. The van der Waals surface area contributed by atoms with Crippen molar-refractivity contribution in [1.29, 1.82) is 0 Å². The third kappa shape index (κ3) is 5.69. The molecule has 0 spiro atoms. The average molecular weight is 431 g/mol. The molecule has 1 saturated carbocycles. The van der Waals surface area contributed by atoms with E-state index >= 15 is 0 Å². The van der Waals surface area contributed by atoms with E-state index in [-0.39, 0.29) is 5.91 Å².